The van der Waals surface area contributed by atoms with E-state index < -0.39 is 11.7 Å². The number of halogens is 4. The molecule has 0 aliphatic carbocycles. The SMILES string of the molecule is NCCc1ccc(Sc2ccc(F)cc2)cc1C(F)(F)F. The van der Waals surface area contributed by atoms with E-state index in [1.54, 1.807) is 6.07 Å². The van der Waals surface area contributed by atoms with Crippen LogP contribution in [0.3, 0.4) is 0 Å². The first-order chi connectivity index (χ1) is 9.90. The van der Waals surface area contributed by atoms with Crippen LogP contribution in [0.4, 0.5) is 17.6 Å². The van der Waals surface area contributed by atoms with Crippen LogP contribution < -0.4 is 5.73 Å². The summed E-state index contributed by atoms with van der Waals surface area (Å²) in [5.41, 5.74) is 4.86. The lowest BCUT2D eigenvalue weighted by atomic mass is 10.0. The number of hydrogen-bond acceptors (Lipinski definition) is 2. The van der Waals surface area contributed by atoms with Gasteiger partial charge in [0, 0.05) is 9.79 Å². The summed E-state index contributed by atoms with van der Waals surface area (Å²) >= 11 is 1.16. The summed E-state index contributed by atoms with van der Waals surface area (Å²) in [7, 11) is 0. The Kier molecular flexibility index (Phi) is 4.90. The maximum absolute atomic E-state index is 13.0. The van der Waals surface area contributed by atoms with Gasteiger partial charge in [0.1, 0.15) is 5.82 Å². The fourth-order valence-corrected chi connectivity index (χ4v) is 2.75. The Labute approximate surface area is 124 Å². The van der Waals surface area contributed by atoms with Gasteiger partial charge in [-0.1, -0.05) is 17.8 Å². The first-order valence-electron chi connectivity index (χ1n) is 6.24. The van der Waals surface area contributed by atoms with Crippen molar-refractivity contribution in [3.8, 4) is 0 Å². The van der Waals surface area contributed by atoms with Crippen molar-refractivity contribution in [2.24, 2.45) is 5.73 Å². The Bertz CT molecular complexity index is 608. The van der Waals surface area contributed by atoms with Gasteiger partial charge >= 0.3 is 6.18 Å². The predicted molar refractivity (Wildman–Crippen MR) is 74.7 cm³/mol. The van der Waals surface area contributed by atoms with E-state index in [9.17, 15) is 17.6 Å². The van der Waals surface area contributed by atoms with E-state index in [0.29, 0.717) is 9.79 Å². The van der Waals surface area contributed by atoms with Gasteiger partial charge in [0.15, 0.2) is 0 Å². The van der Waals surface area contributed by atoms with Gasteiger partial charge in [0.05, 0.1) is 5.56 Å². The molecule has 0 saturated heterocycles. The maximum atomic E-state index is 13.0. The van der Waals surface area contributed by atoms with Crippen LogP contribution in [0.2, 0.25) is 0 Å². The molecule has 0 atom stereocenters. The zero-order valence-corrected chi connectivity index (χ0v) is 11.8. The van der Waals surface area contributed by atoms with Crippen LogP contribution in [-0.4, -0.2) is 6.54 Å². The zero-order valence-electron chi connectivity index (χ0n) is 11.0. The molecule has 112 valence electrons. The molecule has 2 N–H and O–H groups in total. The van der Waals surface area contributed by atoms with Crippen molar-refractivity contribution >= 4 is 11.8 Å². The second kappa shape index (κ2) is 6.49. The van der Waals surface area contributed by atoms with Gasteiger partial charge < -0.3 is 5.73 Å². The minimum atomic E-state index is -4.41. The topological polar surface area (TPSA) is 26.0 Å². The van der Waals surface area contributed by atoms with E-state index in [-0.39, 0.29) is 24.3 Å². The molecule has 2 aromatic rings. The van der Waals surface area contributed by atoms with E-state index in [1.165, 1.54) is 30.3 Å². The van der Waals surface area contributed by atoms with Crippen molar-refractivity contribution in [2.45, 2.75) is 22.4 Å². The molecule has 0 unspecified atom stereocenters. The van der Waals surface area contributed by atoms with Crippen molar-refractivity contribution in [1.29, 1.82) is 0 Å². The van der Waals surface area contributed by atoms with E-state index >= 15 is 0 Å². The molecule has 0 aliphatic heterocycles. The Morgan fingerprint density at radius 1 is 0.952 bits per heavy atom. The summed E-state index contributed by atoms with van der Waals surface area (Å²) in [5, 5.41) is 0. The molecule has 1 nitrogen and oxygen atoms in total. The van der Waals surface area contributed by atoms with Crippen LogP contribution in [-0.2, 0) is 12.6 Å². The van der Waals surface area contributed by atoms with Gasteiger partial charge in [-0.15, -0.1) is 0 Å². The first-order valence-corrected chi connectivity index (χ1v) is 7.05. The van der Waals surface area contributed by atoms with Gasteiger partial charge in [-0.25, -0.2) is 4.39 Å². The average Bonchev–Trinajstić information content (AvgIpc) is 2.42. The van der Waals surface area contributed by atoms with Crippen molar-refractivity contribution in [1.82, 2.24) is 0 Å². The standard InChI is InChI=1S/C15H13F4NS/c16-11-2-5-12(6-3-11)21-13-4-1-10(7-8-20)14(9-13)15(17,18)19/h1-6,9H,7-8,20H2. The van der Waals surface area contributed by atoms with Gasteiger partial charge in [-0.2, -0.15) is 13.2 Å². The molecule has 0 radical (unpaired) electrons. The molecular weight excluding hydrogens is 302 g/mol. The molecule has 0 bridgehead atoms. The fourth-order valence-electron chi connectivity index (χ4n) is 1.90. The summed E-state index contributed by atoms with van der Waals surface area (Å²) in [4.78, 5) is 1.13. The van der Waals surface area contributed by atoms with E-state index in [1.807, 2.05) is 0 Å². The highest BCUT2D eigenvalue weighted by molar-refractivity contribution is 7.99. The third-order valence-electron chi connectivity index (χ3n) is 2.85. The molecule has 6 heteroatoms. The highest BCUT2D eigenvalue weighted by atomic mass is 32.2. The summed E-state index contributed by atoms with van der Waals surface area (Å²) in [6.45, 7) is 0.160. The van der Waals surface area contributed by atoms with Crippen molar-refractivity contribution < 1.29 is 17.6 Å². The van der Waals surface area contributed by atoms with Gasteiger partial charge in [0.25, 0.3) is 0 Å². The van der Waals surface area contributed by atoms with Crippen LogP contribution in [0.5, 0.6) is 0 Å². The summed E-state index contributed by atoms with van der Waals surface area (Å²) < 4.78 is 51.9. The second-order valence-corrected chi connectivity index (χ2v) is 5.56. The molecule has 0 spiro atoms. The summed E-state index contributed by atoms with van der Waals surface area (Å²) in [6.07, 6.45) is -4.24. The first kappa shape index (κ1) is 15.9. The Hall–Kier alpha value is -1.53. The third-order valence-corrected chi connectivity index (χ3v) is 3.85. The highest BCUT2D eigenvalue weighted by Crippen LogP contribution is 2.36. The van der Waals surface area contributed by atoms with Crippen LogP contribution >= 0.6 is 11.8 Å². The third kappa shape index (κ3) is 4.22. The minimum Gasteiger partial charge on any atom is -0.330 e. The van der Waals surface area contributed by atoms with Crippen molar-refractivity contribution in [2.75, 3.05) is 6.54 Å². The number of benzene rings is 2. The largest absolute Gasteiger partial charge is 0.416 e. The highest BCUT2D eigenvalue weighted by Gasteiger charge is 2.33. The Balaban J connectivity index is 2.31. The lowest BCUT2D eigenvalue weighted by Crippen LogP contribution is -2.12. The van der Waals surface area contributed by atoms with Crippen LogP contribution in [0.15, 0.2) is 52.3 Å². The molecular formula is C15H13F4NS. The fraction of sp³-hybridized carbons (Fsp3) is 0.200. The molecule has 0 aliphatic rings. The number of nitrogens with two attached hydrogens (primary N) is 1. The van der Waals surface area contributed by atoms with Gasteiger partial charge in [-0.05, 0) is 54.9 Å². The summed E-state index contributed by atoms with van der Waals surface area (Å²) in [6, 6.07) is 9.78. The van der Waals surface area contributed by atoms with Crippen LogP contribution in [0, 0.1) is 5.82 Å². The zero-order chi connectivity index (χ0) is 15.5. The van der Waals surface area contributed by atoms with E-state index in [4.69, 9.17) is 5.73 Å². The Morgan fingerprint density at radius 2 is 1.57 bits per heavy atom. The normalized spacial score (nSPS) is 11.7. The van der Waals surface area contributed by atoms with Crippen molar-refractivity contribution in [3.63, 3.8) is 0 Å². The summed E-state index contributed by atoms with van der Waals surface area (Å²) in [5.74, 6) is -0.381. The smallest absolute Gasteiger partial charge is 0.330 e. The molecule has 2 rings (SSSR count). The quantitative estimate of drug-likeness (QED) is 0.841. The lowest BCUT2D eigenvalue weighted by molar-refractivity contribution is -0.138. The van der Waals surface area contributed by atoms with Crippen LogP contribution in [0.1, 0.15) is 11.1 Å². The number of rotatable bonds is 4. The lowest BCUT2D eigenvalue weighted by Gasteiger charge is -2.14. The maximum Gasteiger partial charge on any atom is 0.416 e. The molecule has 0 amide bonds. The molecule has 21 heavy (non-hydrogen) atoms. The molecule has 0 fully saturated rings. The van der Waals surface area contributed by atoms with Gasteiger partial charge in [0.2, 0.25) is 0 Å². The number of alkyl halides is 3. The molecule has 2 aromatic carbocycles. The average molecular weight is 315 g/mol. The van der Waals surface area contributed by atoms with Crippen LogP contribution in [0.25, 0.3) is 0 Å². The van der Waals surface area contributed by atoms with E-state index in [0.717, 1.165) is 17.8 Å². The van der Waals surface area contributed by atoms with Gasteiger partial charge in [-0.3, -0.25) is 0 Å². The molecule has 0 heterocycles. The minimum absolute atomic E-state index is 0.160. The van der Waals surface area contributed by atoms with E-state index in [2.05, 4.69) is 0 Å². The molecule has 0 saturated carbocycles. The predicted octanol–water partition coefficient (Wildman–Crippen LogP) is 4.50. The number of hydrogen-bond donors (Lipinski definition) is 1. The molecule has 0 aromatic heterocycles. The second-order valence-electron chi connectivity index (χ2n) is 4.41. The Morgan fingerprint density at radius 3 is 2.14 bits per heavy atom. The van der Waals surface area contributed by atoms with Crippen molar-refractivity contribution in [3.05, 3.63) is 59.4 Å². The monoisotopic (exact) mass is 315 g/mol.